The summed E-state index contributed by atoms with van der Waals surface area (Å²) in [5, 5.41) is 10.0. The lowest BCUT2D eigenvalue weighted by Crippen LogP contribution is -2.41. The topological polar surface area (TPSA) is 84.0 Å². The highest BCUT2D eigenvalue weighted by Crippen LogP contribution is 2.22. The lowest BCUT2D eigenvalue weighted by molar-refractivity contribution is 0.0171. The van der Waals surface area contributed by atoms with Gasteiger partial charge in [-0.3, -0.25) is 9.79 Å². The zero-order chi connectivity index (χ0) is 20.9. The molecule has 1 heterocycles. The van der Waals surface area contributed by atoms with E-state index in [2.05, 4.69) is 20.9 Å². The van der Waals surface area contributed by atoms with Gasteiger partial charge in [0.2, 0.25) is 0 Å². The summed E-state index contributed by atoms with van der Waals surface area (Å²) >= 11 is 11.8. The second kappa shape index (κ2) is 13.6. The van der Waals surface area contributed by atoms with Crippen molar-refractivity contribution in [2.75, 3.05) is 46.0 Å². The summed E-state index contributed by atoms with van der Waals surface area (Å²) in [7, 11) is 0. The Morgan fingerprint density at radius 2 is 2.07 bits per heavy atom. The van der Waals surface area contributed by atoms with Gasteiger partial charge in [-0.1, -0.05) is 23.2 Å². The van der Waals surface area contributed by atoms with E-state index < -0.39 is 0 Å². The zero-order valence-electron chi connectivity index (χ0n) is 16.8. The van der Waals surface area contributed by atoms with Crippen molar-refractivity contribution in [1.29, 1.82) is 0 Å². The lowest BCUT2D eigenvalue weighted by atomic mass is 10.2. The van der Waals surface area contributed by atoms with Gasteiger partial charge < -0.3 is 25.4 Å². The van der Waals surface area contributed by atoms with Crippen LogP contribution in [0.25, 0.3) is 0 Å². The first kappa shape index (κ1) is 23.7. The van der Waals surface area contributed by atoms with E-state index in [0.29, 0.717) is 48.5 Å². The van der Waals surface area contributed by atoms with Gasteiger partial charge in [-0.05, 0) is 44.4 Å². The van der Waals surface area contributed by atoms with Gasteiger partial charge in [-0.25, -0.2) is 0 Å². The summed E-state index contributed by atoms with van der Waals surface area (Å²) in [6.45, 7) is 6.62. The molecule has 1 atom stereocenters. The van der Waals surface area contributed by atoms with Gasteiger partial charge in [0.25, 0.3) is 5.91 Å². The molecule has 1 aliphatic heterocycles. The summed E-state index contributed by atoms with van der Waals surface area (Å²) < 4.78 is 11.2. The fraction of sp³-hybridized carbons (Fsp3) is 0.600. The van der Waals surface area contributed by atoms with Gasteiger partial charge in [0, 0.05) is 45.0 Å². The van der Waals surface area contributed by atoms with Crippen LogP contribution < -0.4 is 16.0 Å². The van der Waals surface area contributed by atoms with Crippen molar-refractivity contribution in [3.8, 4) is 0 Å². The van der Waals surface area contributed by atoms with E-state index >= 15 is 0 Å². The number of hydrogen-bond donors (Lipinski definition) is 3. The van der Waals surface area contributed by atoms with Gasteiger partial charge >= 0.3 is 0 Å². The number of halogens is 2. The predicted octanol–water partition coefficient (Wildman–Crippen LogP) is 2.86. The first-order valence-corrected chi connectivity index (χ1v) is 10.8. The molecule has 0 spiro atoms. The van der Waals surface area contributed by atoms with Crippen molar-refractivity contribution in [1.82, 2.24) is 16.0 Å². The Bertz CT molecular complexity index is 667. The highest BCUT2D eigenvalue weighted by atomic mass is 35.5. The molecule has 1 fully saturated rings. The molecule has 0 aromatic heterocycles. The fourth-order valence-electron chi connectivity index (χ4n) is 2.79. The number of carbonyl (C=O) groups is 1. The SMILES string of the molecule is CCNC(=NCCCOCC1CCCO1)NCCNC(=O)c1ccc(Cl)c(Cl)c1. The van der Waals surface area contributed by atoms with Gasteiger partial charge in [0.05, 0.1) is 22.8 Å². The third kappa shape index (κ3) is 9.21. The van der Waals surface area contributed by atoms with Crippen LogP contribution in [0.1, 0.15) is 36.5 Å². The van der Waals surface area contributed by atoms with Crippen LogP contribution >= 0.6 is 23.2 Å². The molecule has 2 rings (SSSR count). The molecule has 1 unspecified atom stereocenters. The van der Waals surface area contributed by atoms with Crippen molar-refractivity contribution in [2.45, 2.75) is 32.3 Å². The van der Waals surface area contributed by atoms with Crippen molar-refractivity contribution >= 4 is 35.1 Å². The Balaban J connectivity index is 1.61. The van der Waals surface area contributed by atoms with Crippen molar-refractivity contribution in [2.24, 2.45) is 4.99 Å². The first-order chi connectivity index (χ1) is 14.1. The highest BCUT2D eigenvalue weighted by molar-refractivity contribution is 6.42. The fourth-order valence-corrected chi connectivity index (χ4v) is 3.08. The standard InChI is InChI=1S/C20H30Cl2N4O3/c1-2-23-20(25-8-4-11-28-14-16-5-3-12-29-16)26-10-9-24-19(27)15-6-7-17(21)18(22)13-15/h6-7,13,16H,2-5,8-12,14H2,1H3,(H,24,27)(H2,23,25,26). The predicted molar refractivity (Wildman–Crippen MR) is 117 cm³/mol. The molecule has 29 heavy (non-hydrogen) atoms. The van der Waals surface area contributed by atoms with Crippen LogP contribution in [-0.2, 0) is 9.47 Å². The molecule has 1 aromatic carbocycles. The van der Waals surface area contributed by atoms with Gasteiger partial charge in [-0.2, -0.15) is 0 Å². The van der Waals surface area contributed by atoms with Crippen LogP contribution in [0.15, 0.2) is 23.2 Å². The van der Waals surface area contributed by atoms with Crippen molar-refractivity contribution < 1.29 is 14.3 Å². The largest absolute Gasteiger partial charge is 0.379 e. The molecule has 1 aromatic rings. The number of hydrogen-bond acceptors (Lipinski definition) is 4. The van der Waals surface area contributed by atoms with Gasteiger partial charge in [-0.15, -0.1) is 0 Å². The third-order valence-electron chi connectivity index (χ3n) is 4.27. The minimum Gasteiger partial charge on any atom is -0.379 e. The zero-order valence-corrected chi connectivity index (χ0v) is 18.3. The highest BCUT2D eigenvalue weighted by Gasteiger charge is 2.14. The minimum atomic E-state index is -0.198. The normalized spacial score (nSPS) is 16.7. The number of nitrogens with zero attached hydrogens (tertiary/aromatic N) is 1. The summed E-state index contributed by atoms with van der Waals surface area (Å²) in [4.78, 5) is 16.7. The van der Waals surface area contributed by atoms with Gasteiger partial charge in [0.15, 0.2) is 5.96 Å². The summed E-state index contributed by atoms with van der Waals surface area (Å²) in [6, 6.07) is 4.81. The number of benzene rings is 1. The first-order valence-electron chi connectivity index (χ1n) is 10.0. The van der Waals surface area contributed by atoms with E-state index in [1.54, 1.807) is 18.2 Å². The minimum absolute atomic E-state index is 0.198. The Labute approximate surface area is 182 Å². The maximum atomic E-state index is 12.1. The number of ether oxygens (including phenoxy) is 2. The Morgan fingerprint density at radius 3 is 2.79 bits per heavy atom. The molecule has 0 aliphatic carbocycles. The van der Waals surface area contributed by atoms with Crippen LogP contribution in [0.2, 0.25) is 10.0 Å². The van der Waals surface area contributed by atoms with Crippen LogP contribution in [0, 0.1) is 0 Å². The molecule has 0 bridgehead atoms. The van der Waals surface area contributed by atoms with Crippen molar-refractivity contribution in [3.05, 3.63) is 33.8 Å². The maximum absolute atomic E-state index is 12.1. The molecule has 1 saturated heterocycles. The molecule has 0 saturated carbocycles. The van der Waals surface area contributed by atoms with E-state index in [0.717, 1.165) is 38.4 Å². The third-order valence-corrected chi connectivity index (χ3v) is 5.01. The molecular formula is C20H30Cl2N4O3. The van der Waals surface area contributed by atoms with Crippen molar-refractivity contribution in [3.63, 3.8) is 0 Å². The second-order valence-corrected chi connectivity index (χ2v) is 7.45. The quantitative estimate of drug-likeness (QED) is 0.277. The monoisotopic (exact) mass is 444 g/mol. The van der Waals surface area contributed by atoms with E-state index in [-0.39, 0.29) is 12.0 Å². The van der Waals surface area contributed by atoms with Crippen LogP contribution in [-0.4, -0.2) is 64.0 Å². The molecular weight excluding hydrogens is 415 g/mol. The smallest absolute Gasteiger partial charge is 0.251 e. The van der Waals surface area contributed by atoms with E-state index in [4.69, 9.17) is 32.7 Å². The number of rotatable bonds is 11. The average molecular weight is 445 g/mol. The maximum Gasteiger partial charge on any atom is 0.251 e. The van der Waals surface area contributed by atoms with Crippen LogP contribution in [0.3, 0.4) is 0 Å². The molecule has 3 N–H and O–H groups in total. The second-order valence-electron chi connectivity index (χ2n) is 6.64. The number of nitrogens with one attached hydrogen (secondary N) is 3. The van der Waals surface area contributed by atoms with Crippen LogP contribution in [0.5, 0.6) is 0 Å². The number of guanidine groups is 1. The molecule has 9 heteroatoms. The van der Waals surface area contributed by atoms with Crippen LogP contribution in [0.4, 0.5) is 0 Å². The summed E-state index contributed by atoms with van der Waals surface area (Å²) in [6.07, 6.45) is 3.33. The lowest BCUT2D eigenvalue weighted by Gasteiger charge is -2.12. The van der Waals surface area contributed by atoms with E-state index in [1.807, 2.05) is 6.92 Å². The Hall–Kier alpha value is -1.54. The molecule has 162 valence electrons. The molecule has 1 amide bonds. The number of carbonyl (C=O) groups excluding carboxylic acids is 1. The van der Waals surface area contributed by atoms with E-state index in [9.17, 15) is 4.79 Å². The number of amides is 1. The average Bonchev–Trinajstić information content (AvgIpc) is 3.23. The summed E-state index contributed by atoms with van der Waals surface area (Å²) in [5.41, 5.74) is 0.475. The van der Waals surface area contributed by atoms with Gasteiger partial charge in [0.1, 0.15) is 0 Å². The Kier molecular flexibility index (Phi) is 11.2. The Morgan fingerprint density at radius 1 is 1.24 bits per heavy atom. The molecule has 7 nitrogen and oxygen atoms in total. The number of aliphatic imine (C=N–C) groups is 1. The summed E-state index contributed by atoms with van der Waals surface area (Å²) in [5.74, 6) is 0.520. The molecule has 1 aliphatic rings. The molecule has 0 radical (unpaired) electrons. The van der Waals surface area contributed by atoms with E-state index in [1.165, 1.54) is 0 Å².